The van der Waals surface area contributed by atoms with Gasteiger partial charge in [-0.15, -0.1) is 46.9 Å². The number of alkyl halides is 1. The van der Waals surface area contributed by atoms with Crippen molar-refractivity contribution < 1.29 is 85.2 Å². The first-order valence-electron chi connectivity index (χ1n) is 46.8. The Morgan fingerprint density at radius 3 is 0.865 bits per heavy atom. The van der Waals surface area contributed by atoms with Gasteiger partial charge < -0.3 is 52.8 Å². The normalized spacial score (nSPS) is 14.0. The van der Waals surface area contributed by atoms with Gasteiger partial charge in [0.1, 0.15) is 70.9 Å². The van der Waals surface area contributed by atoms with Crippen molar-refractivity contribution in [1.82, 2.24) is 0 Å². The zero-order valence-electron chi connectivity index (χ0n) is 79.2. The average Bonchev–Trinajstić information content (AvgIpc) is 1.81. The smallest absolute Gasteiger partial charge is 0.306 e. The second-order valence-corrected chi connectivity index (χ2v) is 40.2. The van der Waals surface area contributed by atoms with E-state index in [2.05, 4.69) is 77.9 Å². The molecule has 0 spiro atoms. The standard InChI is InChI=1S/2C32H37FO4S.C17H18ClFOS.2C15H20O3/c2*1-5-36-32(34)18-25(15-22-9-10-22)24-7-6-8-27(17-24)37-20-23-11-13-28(31(16-23)38-21(2)3)29-19-26(35-4)12-14-30(29)33;1-11(2)21-17-8-12(10-18)4-6-14(17)15-9-13(20-3)5-7-16(15)19;2*1-2-18-15(17)10-13(8-11-6-7-11)12-4-3-5-14(16)9-12/h2*6-8,11-14,16-17,19,21-22,25H,5,9-10,15,18,20H2,1-4H3;4-9,11H,10H2,1-3H3;2*3-5,9,11,13,16H,2,6-8,10H2,1H3/t2*25-;;2*13-/m10.10/s1. The van der Waals surface area contributed by atoms with Crippen LogP contribution in [0.2, 0.25) is 0 Å². The highest BCUT2D eigenvalue weighted by molar-refractivity contribution is 8.00. The van der Waals surface area contributed by atoms with Gasteiger partial charge in [0.2, 0.25) is 0 Å². The number of halogens is 4. The molecule has 133 heavy (non-hydrogen) atoms. The molecule has 22 heteroatoms. The van der Waals surface area contributed by atoms with Gasteiger partial charge in [0.15, 0.2) is 0 Å². The van der Waals surface area contributed by atoms with Gasteiger partial charge in [-0.2, -0.15) is 0 Å². The van der Waals surface area contributed by atoms with E-state index in [0.717, 1.165) is 119 Å². The van der Waals surface area contributed by atoms with Crippen molar-refractivity contribution in [3.63, 3.8) is 0 Å². The zero-order chi connectivity index (χ0) is 95.5. The Labute approximate surface area is 803 Å². The van der Waals surface area contributed by atoms with Crippen LogP contribution in [-0.2, 0) is 57.2 Å². The molecule has 0 heterocycles. The highest BCUT2D eigenvalue weighted by Gasteiger charge is 2.33. The molecule has 0 aliphatic heterocycles. The van der Waals surface area contributed by atoms with Crippen LogP contribution in [0.1, 0.15) is 235 Å². The van der Waals surface area contributed by atoms with Gasteiger partial charge in [0.25, 0.3) is 0 Å². The number of phenolic OH excluding ortho intramolecular Hbond substituents is 2. The molecule has 4 aliphatic carbocycles. The molecule has 0 aromatic heterocycles. The summed E-state index contributed by atoms with van der Waals surface area (Å²) in [4.78, 5) is 50.8. The molecule has 2 N–H and O–H groups in total. The Balaban J connectivity index is 0.000000179. The fourth-order valence-electron chi connectivity index (χ4n) is 15.9. The summed E-state index contributed by atoms with van der Waals surface area (Å²) in [7, 11) is 4.75. The number of thioether (sulfide) groups is 3. The SMILES string of the molecule is CCOC(=O)C[C@@H](CC1CC1)c1cccc(O)c1.CCOC(=O)C[C@@H](CC1CC1)c1cccc(OCc2ccc(-c3cc(OC)ccc3F)c(SC(C)C)c2)c1.CCOC(=O)C[C@H](CC1CC1)c1cccc(O)c1.CCOC(=O)C[C@H](CC1CC1)c1cccc(OCc2ccc(-c3cc(OC)ccc3F)c(SC(C)C)c2)c1.COc1ccc(F)c(-c2ccc(CCl)cc2SC(C)C)c1. The number of hydrogen-bond donors (Lipinski definition) is 2. The minimum absolute atomic E-state index is 0.135. The number of aromatic hydroxyl groups is 2. The molecule has 0 radical (unpaired) electrons. The van der Waals surface area contributed by atoms with Crippen LogP contribution in [0.15, 0.2) is 221 Å². The number of methoxy groups -OCH3 is 3. The maximum Gasteiger partial charge on any atom is 0.306 e. The van der Waals surface area contributed by atoms with Crippen LogP contribution in [0.3, 0.4) is 0 Å². The molecule has 0 saturated heterocycles. The number of hydrogen-bond acceptors (Lipinski definition) is 18. The third-order valence-electron chi connectivity index (χ3n) is 23.1. The van der Waals surface area contributed by atoms with Crippen LogP contribution in [0, 0.1) is 41.1 Å². The molecule has 0 amide bonds. The monoisotopic (exact) mass is 1890 g/mol. The number of phenols is 2. The molecule has 712 valence electrons. The fourth-order valence-corrected chi connectivity index (χ4v) is 19.1. The van der Waals surface area contributed by atoms with Crippen molar-refractivity contribution >= 4 is 70.8 Å². The van der Waals surface area contributed by atoms with Crippen LogP contribution < -0.4 is 23.7 Å². The molecule has 14 rings (SSSR count). The summed E-state index contributed by atoms with van der Waals surface area (Å²) in [6, 6.07) is 63.0. The largest absolute Gasteiger partial charge is 0.508 e. The fraction of sp³-hybridized carbons (Fsp3) is 0.423. The van der Waals surface area contributed by atoms with E-state index in [4.69, 9.17) is 54.2 Å². The van der Waals surface area contributed by atoms with E-state index in [9.17, 15) is 42.6 Å². The van der Waals surface area contributed by atoms with Crippen molar-refractivity contribution in [2.75, 3.05) is 47.8 Å². The van der Waals surface area contributed by atoms with Gasteiger partial charge in [0, 0.05) is 53.0 Å². The van der Waals surface area contributed by atoms with Gasteiger partial charge in [-0.05, 0) is 278 Å². The van der Waals surface area contributed by atoms with Gasteiger partial charge >= 0.3 is 23.9 Å². The second-order valence-electron chi connectivity index (χ2n) is 35.1. The zero-order valence-corrected chi connectivity index (χ0v) is 82.4. The first-order chi connectivity index (χ1) is 64.1. The lowest BCUT2D eigenvalue weighted by molar-refractivity contribution is -0.144. The van der Waals surface area contributed by atoms with Gasteiger partial charge in [-0.3, -0.25) is 19.2 Å². The molecule has 4 fully saturated rings. The molecular weight excluding hydrogens is 1760 g/mol. The summed E-state index contributed by atoms with van der Waals surface area (Å²) in [5, 5.41) is 20.1. The first kappa shape index (κ1) is 105. The summed E-state index contributed by atoms with van der Waals surface area (Å²) in [5.41, 5.74) is 11.5. The van der Waals surface area contributed by atoms with E-state index in [-0.39, 0.29) is 76.5 Å². The van der Waals surface area contributed by atoms with E-state index in [1.807, 2.05) is 119 Å². The highest BCUT2D eigenvalue weighted by atomic mass is 35.5. The number of esters is 4. The lowest BCUT2D eigenvalue weighted by Gasteiger charge is -2.18. The van der Waals surface area contributed by atoms with Crippen LogP contribution in [-0.4, -0.2) is 97.6 Å². The quantitative estimate of drug-likeness (QED) is 0.0159. The number of carbonyl (C=O) groups is 4. The summed E-state index contributed by atoms with van der Waals surface area (Å²) >= 11 is 11.0. The lowest BCUT2D eigenvalue weighted by Crippen LogP contribution is -2.11. The Morgan fingerprint density at radius 2 is 0.609 bits per heavy atom. The third kappa shape index (κ3) is 35.5. The summed E-state index contributed by atoms with van der Waals surface area (Å²) < 4.78 is 92.5. The minimum Gasteiger partial charge on any atom is -0.508 e. The van der Waals surface area contributed by atoms with E-state index in [1.165, 1.54) is 69.6 Å². The number of carbonyl (C=O) groups excluding carboxylic acids is 4. The second kappa shape index (κ2) is 53.8. The first-order valence-corrected chi connectivity index (χ1v) is 49.9. The predicted molar refractivity (Wildman–Crippen MR) is 531 cm³/mol. The van der Waals surface area contributed by atoms with Crippen LogP contribution in [0.5, 0.6) is 40.2 Å². The Kier molecular flexibility index (Phi) is 42.4. The van der Waals surface area contributed by atoms with Crippen LogP contribution >= 0.6 is 46.9 Å². The van der Waals surface area contributed by atoms with E-state index < -0.39 is 0 Å². The van der Waals surface area contributed by atoms with E-state index >= 15 is 0 Å². The summed E-state index contributed by atoms with van der Waals surface area (Å²) in [6.45, 7) is 22.5. The van der Waals surface area contributed by atoms with Gasteiger partial charge in [0.05, 0.1) is 73.4 Å². The number of rotatable bonds is 43. The van der Waals surface area contributed by atoms with Crippen molar-refractivity contribution in [2.45, 2.75) is 245 Å². The van der Waals surface area contributed by atoms with E-state index in [1.54, 1.807) is 117 Å². The molecular formula is C111H132ClF3O15S3. The number of benzene rings is 10. The van der Waals surface area contributed by atoms with Gasteiger partial charge in [-0.1, -0.05) is 178 Å². The lowest BCUT2D eigenvalue weighted by atomic mass is 9.90. The molecule has 4 atom stereocenters. The van der Waals surface area contributed by atoms with Crippen molar-refractivity contribution in [3.05, 3.63) is 263 Å². The maximum atomic E-state index is 14.8. The maximum absolute atomic E-state index is 14.8. The average molecular weight is 1890 g/mol. The van der Waals surface area contributed by atoms with Gasteiger partial charge in [-0.25, -0.2) is 13.2 Å². The Bertz CT molecular complexity index is 5110. The Hall–Kier alpha value is -10.2. The Morgan fingerprint density at radius 1 is 0.338 bits per heavy atom. The molecule has 10 aromatic rings. The molecule has 4 saturated carbocycles. The topological polar surface area (TPSA) is 192 Å². The van der Waals surface area contributed by atoms with Crippen LogP contribution in [0.25, 0.3) is 33.4 Å². The highest BCUT2D eigenvalue weighted by Crippen LogP contribution is 2.47. The predicted octanol–water partition coefficient (Wildman–Crippen LogP) is 29.0. The van der Waals surface area contributed by atoms with Crippen LogP contribution in [0.4, 0.5) is 13.2 Å². The minimum atomic E-state index is -0.277. The summed E-state index contributed by atoms with van der Waals surface area (Å²) in [6.07, 6.45) is 15.6. The van der Waals surface area contributed by atoms with Crippen molar-refractivity contribution in [3.8, 4) is 73.6 Å². The number of ether oxygens (including phenoxy) is 9. The molecule has 4 aliphatic rings. The van der Waals surface area contributed by atoms with Crippen molar-refractivity contribution in [1.29, 1.82) is 0 Å². The molecule has 10 aromatic carbocycles. The summed E-state index contributed by atoms with van der Waals surface area (Å²) in [5.74, 6) is 6.51. The molecule has 0 unspecified atom stereocenters. The third-order valence-corrected chi connectivity index (χ3v) is 26.6. The van der Waals surface area contributed by atoms with Crippen molar-refractivity contribution in [2.24, 2.45) is 23.7 Å². The molecule has 15 nitrogen and oxygen atoms in total. The molecule has 0 bridgehead atoms. The van der Waals surface area contributed by atoms with E-state index in [0.29, 0.717) is 133 Å².